The number of rotatable bonds is 8. The zero-order chi connectivity index (χ0) is 14.6. The fraction of sp³-hybridized carbons (Fsp3) is 1.00. The van der Waals surface area contributed by atoms with Gasteiger partial charge in [-0.15, -0.1) is 0 Å². The predicted octanol–water partition coefficient (Wildman–Crippen LogP) is 1.47. The average Bonchev–Trinajstić information content (AvgIpc) is 3.24. The molecule has 1 saturated carbocycles. The van der Waals surface area contributed by atoms with Crippen LogP contribution in [-0.2, 0) is 10.2 Å². The molecule has 1 unspecified atom stereocenters. The van der Waals surface area contributed by atoms with E-state index in [1.165, 1.54) is 0 Å². The van der Waals surface area contributed by atoms with Gasteiger partial charge in [0.15, 0.2) is 0 Å². The molecule has 1 heterocycles. The minimum atomic E-state index is -3.32. The minimum absolute atomic E-state index is 0.109. The van der Waals surface area contributed by atoms with Crippen molar-refractivity contribution < 1.29 is 8.42 Å². The van der Waals surface area contributed by atoms with Crippen LogP contribution in [0.3, 0.4) is 0 Å². The van der Waals surface area contributed by atoms with Gasteiger partial charge >= 0.3 is 0 Å². The smallest absolute Gasteiger partial charge is 0.279 e. The Balaban J connectivity index is 1.94. The molecule has 0 radical (unpaired) electrons. The van der Waals surface area contributed by atoms with E-state index in [0.29, 0.717) is 13.1 Å². The maximum absolute atomic E-state index is 12.5. The van der Waals surface area contributed by atoms with Crippen molar-refractivity contribution in [2.24, 2.45) is 5.41 Å². The lowest BCUT2D eigenvalue weighted by Crippen LogP contribution is -2.53. The SMILES string of the molecule is CCNCC1CCCCN1S(=O)(=O)NCC1(CC)CC1. The van der Waals surface area contributed by atoms with Crippen LogP contribution >= 0.6 is 0 Å². The Morgan fingerprint density at radius 1 is 1.25 bits per heavy atom. The van der Waals surface area contributed by atoms with Crippen molar-refractivity contribution in [3.63, 3.8) is 0 Å². The number of likely N-dealkylation sites (N-methyl/N-ethyl adjacent to an activating group) is 1. The zero-order valence-electron chi connectivity index (χ0n) is 12.8. The molecule has 118 valence electrons. The third-order valence-electron chi connectivity index (χ3n) is 4.85. The molecule has 1 saturated heterocycles. The van der Waals surface area contributed by atoms with E-state index in [0.717, 1.165) is 51.6 Å². The van der Waals surface area contributed by atoms with E-state index in [1.807, 2.05) is 0 Å². The van der Waals surface area contributed by atoms with E-state index >= 15 is 0 Å². The second-order valence-corrected chi connectivity index (χ2v) is 7.96. The van der Waals surface area contributed by atoms with E-state index < -0.39 is 10.2 Å². The highest BCUT2D eigenvalue weighted by Gasteiger charge is 2.42. The Morgan fingerprint density at radius 2 is 2.00 bits per heavy atom. The molecule has 0 aromatic carbocycles. The summed E-state index contributed by atoms with van der Waals surface area (Å²) >= 11 is 0. The Morgan fingerprint density at radius 3 is 2.60 bits per heavy atom. The van der Waals surface area contributed by atoms with Crippen molar-refractivity contribution in [3.8, 4) is 0 Å². The molecule has 0 aromatic heterocycles. The number of nitrogens with one attached hydrogen (secondary N) is 2. The van der Waals surface area contributed by atoms with Crippen molar-refractivity contribution in [2.75, 3.05) is 26.2 Å². The zero-order valence-corrected chi connectivity index (χ0v) is 13.6. The molecule has 0 amide bonds. The van der Waals surface area contributed by atoms with Crippen LogP contribution in [0.2, 0.25) is 0 Å². The molecule has 2 N–H and O–H groups in total. The molecule has 1 aliphatic carbocycles. The Hall–Kier alpha value is -0.170. The topological polar surface area (TPSA) is 61.4 Å². The van der Waals surface area contributed by atoms with Gasteiger partial charge in [-0.05, 0) is 44.1 Å². The van der Waals surface area contributed by atoms with Gasteiger partial charge in [0.25, 0.3) is 10.2 Å². The number of hydrogen-bond acceptors (Lipinski definition) is 3. The molecule has 20 heavy (non-hydrogen) atoms. The van der Waals surface area contributed by atoms with Crippen molar-refractivity contribution in [3.05, 3.63) is 0 Å². The van der Waals surface area contributed by atoms with Crippen molar-refractivity contribution in [2.45, 2.75) is 58.4 Å². The molecule has 2 fully saturated rings. The van der Waals surface area contributed by atoms with Crippen LogP contribution in [0.15, 0.2) is 0 Å². The minimum Gasteiger partial charge on any atom is -0.315 e. The molecule has 1 aliphatic heterocycles. The maximum Gasteiger partial charge on any atom is 0.279 e. The van der Waals surface area contributed by atoms with E-state index in [4.69, 9.17) is 0 Å². The Bertz CT molecular complexity index is 407. The molecule has 5 nitrogen and oxygen atoms in total. The van der Waals surface area contributed by atoms with Crippen molar-refractivity contribution in [1.29, 1.82) is 0 Å². The van der Waals surface area contributed by atoms with Crippen LogP contribution in [-0.4, -0.2) is 44.9 Å². The summed E-state index contributed by atoms with van der Waals surface area (Å²) in [6, 6.07) is 0.109. The number of nitrogens with zero attached hydrogens (tertiary/aromatic N) is 1. The number of piperidine rings is 1. The first-order valence-electron chi connectivity index (χ1n) is 8.00. The van der Waals surface area contributed by atoms with Gasteiger partial charge in [0.1, 0.15) is 0 Å². The van der Waals surface area contributed by atoms with Crippen LogP contribution in [0.5, 0.6) is 0 Å². The quantitative estimate of drug-likeness (QED) is 0.714. The van der Waals surface area contributed by atoms with Gasteiger partial charge in [-0.2, -0.15) is 12.7 Å². The van der Waals surface area contributed by atoms with E-state index in [9.17, 15) is 8.42 Å². The highest BCUT2D eigenvalue weighted by molar-refractivity contribution is 7.87. The van der Waals surface area contributed by atoms with Crippen LogP contribution in [0.1, 0.15) is 52.4 Å². The van der Waals surface area contributed by atoms with Crippen molar-refractivity contribution >= 4 is 10.2 Å². The van der Waals surface area contributed by atoms with E-state index in [-0.39, 0.29) is 11.5 Å². The second kappa shape index (κ2) is 6.73. The average molecular weight is 303 g/mol. The third-order valence-corrected chi connectivity index (χ3v) is 6.46. The summed E-state index contributed by atoms with van der Waals surface area (Å²) in [5.41, 5.74) is 0.250. The van der Waals surface area contributed by atoms with Crippen molar-refractivity contribution in [1.82, 2.24) is 14.3 Å². The highest BCUT2D eigenvalue weighted by Crippen LogP contribution is 2.48. The van der Waals surface area contributed by atoms with E-state index in [2.05, 4.69) is 23.9 Å². The maximum atomic E-state index is 12.5. The molecule has 6 heteroatoms. The normalized spacial score (nSPS) is 26.6. The van der Waals surface area contributed by atoms with Gasteiger partial charge in [-0.1, -0.05) is 20.3 Å². The number of hydrogen-bond donors (Lipinski definition) is 2. The van der Waals surface area contributed by atoms with Crippen LogP contribution in [0.25, 0.3) is 0 Å². The third kappa shape index (κ3) is 3.93. The van der Waals surface area contributed by atoms with Crippen LogP contribution < -0.4 is 10.0 Å². The van der Waals surface area contributed by atoms with Gasteiger partial charge in [-0.25, -0.2) is 4.72 Å². The van der Waals surface area contributed by atoms with Gasteiger partial charge in [0.2, 0.25) is 0 Å². The van der Waals surface area contributed by atoms with E-state index in [1.54, 1.807) is 4.31 Å². The molecular formula is C14H29N3O2S. The summed E-state index contributed by atoms with van der Waals surface area (Å²) in [5, 5.41) is 3.28. The monoisotopic (exact) mass is 303 g/mol. The first-order valence-corrected chi connectivity index (χ1v) is 9.44. The van der Waals surface area contributed by atoms with Gasteiger partial charge in [0.05, 0.1) is 0 Å². The summed E-state index contributed by atoms with van der Waals surface area (Å²) in [5.74, 6) is 0. The summed E-state index contributed by atoms with van der Waals surface area (Å²) < 4.78 is 29.6. The van der Waals surface area contributed by atoms with Crippen LogP contribution in [0.4, 0.5) is 0 Å². The molecule has 0 aromatic rings. The summed E-state index contributed by atoms with van der Waals surface area (Å²) in [6.45, 7) is 7.11. The fourth-order valence-corrected chi connectivity index (χ4v) is 4.56. The first kappa shape index (κ1) is 16.2. The molecule has 0 spiro atoms. The Labute approximate surface area is 123 Å². The lowest BCUT2D eigenvalue weighted by Gasteiger charge is -2.35. The van der Waals surface area contributed by atoms with Gasteiger partial charge in [0, 0.05) is 25.7 Å². The lowest BCUT2D eigenvalue weighted by atomic mass is 10.1. The highest BCUT2D eigenvalue weighted by atomic mass is 32.2. The Kier molecular flexibility index (Phi) is 5.45. The standard InChI is InChI=1S/C14H29N3O2S/c1-3-14(8-9-14)12-16-20(18,19)17-10-6-5-7-13(17)11-15-4-2/h13,15-16H,3-12H2,1-2H3. The predicted molar refractivity (Wildman–Crippen MR) is 81.8 cm³/mol. The molecule has 1 atom stereocenters. The fourth-order valence-electron chi connectivity index (χ4n) is 2.96. The second-order valence-electron chi connectivity index (χ2n) is 6.25. The molecule has 0 bridgehead atoms. The largest absolute Gasteiger partial charge is 0.315 e. The van der Waals surface area contributed by atoms with Gasteiger partial charge < -0.3 is 5.32 Å². The lowest BCUT2D eigenvalue weighted by molar-refractivity contribution is 0.242. The molecule has 2 rings (SSSR count). The summed E-state index contributed by atoms with van der Waals surface area (Å²) in [7, 11) is -3.32. The molecule has 2 aliphatic rings. The molecular weight excluding hydrogens is 274 g/mol. The first-order chi connectivity index (χ1) is 9.53. The summed E-state index contributed by atoms with van der Waals surface area (Å²) in [4.78, 5) is 0. The summed E-state index contributed by atoms with van der Waals surface area (Å²) in [6.07, 6.45) is 6.45. The van der Waals surface area contributed by atoms with Crippen LogP contribution in [0, 0.1) is 5.41 Å². The van der Waals surface area contributed by atoms with Gasteiger partial charge in [-0.3, -0.25) is 0 Å².